The van der Waals surface area contributed by atoms with Crippen molar-refractivity contribution in [2.75, 3.05) is 26.3 Å². The third-order valence-corrected chi connectivity index (χ3v) is 7.29. The molecular weight excluding hydrogens is 524 g/mol. The predicted octanol–water partition coefficient (Wildman–Crippen LogP) is 4.50. The number of hydrogen-bond donors (Lipinski definition) is 2. The Kier molecular flexibility index (Phi) is 9.75. The molecule has 0 amide bonds. The maximum absolute atomic E-state index is 12.2. The van der Waals surface area contributed by atoms with Crippen molar-refractivity contribution in [2.45, 2.75) is 45.4 Å². The van der Waals surface area contributed by atoms with Crippen LogP contribution >= 0.6 is 0 Å². The van der Waals surface area contributed by atoms with E-state index in [9.17, 15) is 14.4 Å². The van der Waals surface area contributed by atoms with Crippen LogP contribution in [0.2, 0.25) is 0 Å². The van der Waals surface area contributed by atoms with E-state index in [2.05, 4.69) is 23.6 Å². The molecule has 0 bridgehead atoms. The Morgan fingerprint density at radius 1 is 0.805 bits per heavy atom. The summed E-state index contributed by atoms with van der Waals surface area (Å²) in [5.41, 5.74) is 3.60. The van der Waals surface area contributed by atoms with Gasteiger partial charge in [-0.1, -0.05) is 42.5 Å². The topological polar surface area (TPSA) is 117 Å². The van der Waals surface area contributed by atoms with Crippen molar-refractivity contribution in [3.05, 3.63) is 95.1 Å². The third kappa shape index (κ3) is 7.93. The summed E-state index contributed by atoms with van der Waals surface area (Å²) in [5.74, 6) is -1.07. The summed E-state index contributed by atoms with van der Waals surface area (Å²) in [7, 11) is 0. The Balaban J connectivity index is 1.60. The quantitative estimate of drug-likeness (QED) is 0.309. The van der Waals surface area contributed by atoms with Crippen LogP contribution in [-0.4, -0.2) is 76.1 Å². The molecule has 0 unspecified atom stereocenters. The van der Waals surface area contributed by atoms with E-state index in [-0.39, 0.29) is 30.5 Å². The van der Waals surface area contributed by atoms with Crippen molar-refractivity contribution in [3.63, 3.8) is 0 Å². The number of piperazine rings is 1. The summed E-state index contributed by atoms with van der Waals surface area (Å²) >= 11 is 0. The normalized spacial score (nSPS) is 18.4. The fraction of sp³-hybridized carbons (Fsp3) is 0.344. The lowest BCUT2D eigenvalue weighted by Gasteiger charge is -2.47. The van der Waals surface area contributed by atoms with E-state index in [4.69, 9.17) is 19.7 Å². The van der Waals surface area contributed by atoms with Gasteiger partial charge in [-0.15, -0.1) is 0 Å². The number of aliphatic carboxylic acids is 2. The third-order valence-electron chi connectivity index (χ3n) is 7.29. The number of carbonyl (C=O) groups is 3. The monoisotopic (exact) mass is 560 g/mol. The molecule has 4 rings (SSSR count). The lowest BCUT2D eigenvalue weighted by molar-refractivity contribution is -0.140. The highest BCUT2D eigenvalue weighted by Crippen LogP contribution is 2.35. The minimum absolute atomic E-state index is 0.00931. The molecule has 0 spiro atoms. The van der Waals surface area contributed by atoms with Crippen LogP contribution in [0.1, 0.15) is 53.9 Å². The molecule has 0 aromatic heterocycles. The first kappa shape index (κ1) is 29.8. The number of carboxylic acids is 2. The van der Waals surface area contributed by atoms with E-state index in [1.165, 1.54) is 0 Å². The molecular formula is C32H36N2O7. The number of ether oxygens (including phenoxy) is 2. The van der Waals surface area contributed by atoms with Gasteiger partial charge in [0.05, 0.1) is 6.04 Å². The van der Waals surface area contributed by atoms with Gasteiger partial charge in [0, 0.05) is 37.3 Å². The molecule has 1 saturated heterocycles. The molecule has 1 aliphatic heterocycles. The number of carboxylic acid groups (broad SMARTS) is 2. The highest BCUT2D eigenvalue weighted by atomic mass is 16.5. The first-order chi connectivity index (χ1) is 19.6. The van der Waals surface area contributed by atoms with E-state index >= 15 is 0 Å². The SMILES string of the molecule is CC(=O)c1cccc([C@H](c2cccc(OCC(=O)O)c2)N2C[C@@H](C)N(Cc3cccc(OCC(=O)O)c3)C[C@@H]2C)c1. The van der Waals surface area contributed by atoms with Gasteiger partial charge in [0.15, 0.2) is 19.0 Å². The van der Waals surface area contributed by atoms with Crippen molar-refractivity contribution >= 4 is 17.7 Å². The van der Waals surface area contributed by atoms with Crippen molar-refractivity contribution in [2.24, 2.45) is 0 Å². The maximum atomic E-state index is 12.2. The predicted molar refractivity (Wildman–Crippen MR) is 153 cm³/mol. The van der Waals surface area contributed by atoms with E-state index in [0.717, 1.165) is 29.8 Å². The number of rotatable bonds is 12. The average molecular weight is 561 g/mol. The van der Waals surface area contributed by atoms with E-state index < -0.39 is 18.5 Å². The molecule has 0 aliphatic carbocycles. The van der Waals surface area contributed by atoms with Crippen LogP contribution in [0.5, 0.6) is 11.5 Å². The number of hydrogen-bond acceptors (Lipinski definition) is 7. The Bertz CT molecular complexity index is 1390. The van der Waals surface area contributed by atoms with Crippen LogP contribution in [0.25, 0.3) is 0 Å². The summed E-state index contributed by atoms with van der Waals surface area (Å²) in [5, 5.41) is 18.0. The maximum Gasteiger partial charge on any atom is 0.341 e. The Morgan fingerprint density at radius 2 is 1.39 bits per heavy atom. The van der Waals surface area contributed by atoms with E-state index in [1.54, 1.807) is 19.1 Å². The molecule has 3 aromatic carbocycles. The van der Waals surface area contributed by atoms with Crippen LogP contribution in [0.15, 0.2) is 72.8 Å². The number of Topliss-reactive ketones (excluding diaryl/α,β-unsaturated/α-hetero) is 1. The highest BCUT2D eigenvalue weighted by molar-refractivity contribution is 5.94. The fourth-order valence-electron chi connectivity index (χ4n) is 5.34. The second-order valence-corrected chi connectivity index (χ2v) is 10.5. The van der Waals surface area contributed by atoms with Gasteiger partial charge in [-0.05, 0) is 67.8 Å². The molecule has 1 aliphatic rings. The second kappa shape index (κ2) is 13.4. The van der Waals surface area contributed by atoms with Gasteiger partial charge in [0.1, 0.15) is 11.5 Å². The van der Waals surface area contributed by atoms with Crippen LogP contribution < -0.4 is 9.47 Å². The molecule has 3 atom stereocenters. The second-order valence-electron chi connectivity index (χ2n) is 10.5. The first-order valence-electron chi connectivity index (χ1n) is 13.6. The minimum Gasteiger partial charge on any atom is -0.482 e. The van der Waals surface area contributed by atoms with Crippen molar-refractivity contribution in [1.29, 1.82) is 0 Å². The first-order valence-corrected chi connectivity index (χ1v) is 13.6. The molecule has 0 radical (unpaired) electrons. The molecule has 2 N–H and O–H groups in total. The van der Waals surface area contributed by atoms with Gasteiger partial charge in [-0.25, -0.2) is 9.59 Å². The Morgan fingerprint density at radius 3 is 2.02 bits per heavy atom. The van der Waals surface area contributed by atoms with Crippen LogP contribution in [0.4, 0.5) is 0 Å². The average Bonchev–Trinajstić information content (AvgIpc) is 2.94. The number of carbonyl (C=O) groups excluding carboxylic acids is 1. The summed E-state index contributed by atoms with van der Waals surface area (Å²) in [4.78, 5) is 39.0. The van der Waals surface area contributed by atoms with Gasteiger partial charge in [0.25, 0.3) is 0 Å². The van der Waals surface area contributed by atoms with Gasteiger partial charge in [0.2, 0.25) is 0 Å². The zero-order chi connectivity index (χ0) is 29.5. The summed E-state index contributed by atoms with van der Waals surface area (Å²) in [6, 6.07) is 22.8. The lowest BCUT2D eigenvalue weighted by atomic mass is 9.92. The van der Waals surface area contributed by atoms with Gasteiger partial charge >= 0.3 is 11.9 Å². The molecule has 216 valence electrons. The molecule has 3 aromatic rings. The summed E-state index contributed by atoms with van der Waals surface area (Å²) in [6.45, 7) is 7.31. The van der Waals surface area contributed by atoms with Crippen molar-refractivity contribution in [3.8, 4) is 11.5 Å². The van der Waals surface area contributed by atoms with Crippen molar-refractivity contribution < 1.29 is 34.1 Å². The minimum atomic E-state index is -1.04. The zero-order valence-electron chi connectivity index (χ0n) is 23.5. The molecule has 41 heavy (non-hydrogen) atoms. The van der Waals surface area contributed by atoms with Gasteiger partial charge < -0.3 is 19.7 Å². The molecule has 1 fully saturated rings. The largest absolute Gasteiger partial charge is 0.482 e. The van der Waals surface area contributed by atoms with E-state index in [1.807, 2.05) is 60.7 Å². The van der Waals surface area contributed by atoms with Crippen LogP contribution in [-0.2, 0) is 16.1 Å². The molecule has 9 heteroatoms. The lowest BCUT2D eigenvalue weighted by Crippen LogP contribution is -2.56. The van der Waals surface area contributed by atoms with Crippen molar-refractivity contribution in [1.82, 2.24) is 9.80 Å². The zero-order valence-corrected chi connectivity index (χ0v) is 23.5. The summed E-state index contributed by atoms with van der Waals surface area (Å²) in [6.07, 6.45) is 0. The van der Waals surface area contributed by atoms with Gasteiger partial charge in [-0.3, -0.25) is 14.6 Å². The smallest absolute Gasteiger partial charge is 0.341 e. The van der Waals surface area contributed by atoms with Crippen LogP contribution in [0, 0.1) is 0 Å². The Labute approximate surface area is 239 Å². The standard InChI is InChI=1S/C32H36N2O7/c1-21-17-34(22(2)16-33(21)18-24-7-4-11-28(13-24)40-19-30(36)37)32(26-9-5-8-25(14-26)23(3)35)27-10-6-12-29(15-27)41-20-31(38)39/h4-15,21-22,32H,16-20H2,1-3H3,(H,36,37)(H,38,39)/t21-,22+,32-/m1/s1. The van der Waals surface area contributed by atoms with E-state index in [0.29, 0.717) is 23.6 Å². The van der Waals surface area contributed by atoms with Crippen LogP contribution in [0.3, 0.4) is 0 Å². The molecule has 0 saturated carbocycles. The Hall–Kier alpha value is -4.21. The molecule has 1 heterocycles. The number of nitrogens with zero attached hydrogens (tertiary/aromatic N) is 2. The highest BCUT2D eigenvalue weighted by Gasteiger charge is 2.35. The fourth-order valence-corrected chi connectivity index (χ4v) is 5.34. The molecule has 9 nitrogen and oxygen atoms in total. The summed E-state index contributed by atoms with van der Waals surface area (Å²) < 4.78 is 10.9. The number of ketones is 1. The van der Waals surface area contributed by atoms with Gasteiger partial charge in [-0.2, -0.15) is 0 Å². The number of benzene rings is 3.